The number of hydrogen-bond donors (Lipinski definition) is 1. The number of piperidine rings is 1. The Labute approximate surface area is 162 Å². The number of rotatable bonds is 4. The van der Waals surface area contributed by atoms with Crippen molar-refractivity contribution in [3.05, 3.63) is 66.2 Å². The molecule has 0 radical (unpaired) electrons. The Kier molecular flexibility index (Phi) is 5.56. The number of para-hydroxylation sites is 1. The van der Waals surface area contributed by atoms with Gasteiger partial charge in [0, 0.05) is 36.2 Å². The largest absolute Gasteiger partial charge is 0.446 e. The van der Waals surface area contributed by atoms with Gasteiger partial charge in [0.2, 0.25) is 0 Å². The molecule has 3 rings (SSSR count). The van der Waals surface area contributed by atoms with Crippen LogP contribution in [0.25, 0.3) is 0 Å². The third kappa shape index (κ3) is 4.89. The van der Waals surface area contributed by atoms with Crippen molar-refractivity contribution in [1.82, 2.24) is 4.90 Å². The predicted molar refractivity (Wildman–Crippen MR) is 110 cm³/mol. The van der Waals surface area contributed by atoms with Crippen LogP contribution in [0.4, 0.5) is 10.5 Å². The van der Waals surface area contributed by atoms with Crippen LogP contribution < -0.4 is 5.32 Å². The highest BCUT2D eigenvalue weighted by molar-refractivity contribution is 5.84. The van der Waals surface area contributed by atoms with Crippen molar-refractivity contribution < 1.29 is 9.53 Å². The predicted octanol–water partition coefficient (Wildman–Crippen LogP) is 5.46. The summed E-state index contributed by atoms with van der Waals surface area (Å²) in [5.74, 6) is 0. The number of likely N-dealkylation sites (tertiary alicyclic amines) is 1. The lowest BCUT2D eigenvalue weighted by Crippen LogP contribution is -2.61. The second-order valence-electron chi connectivity index (χ2n) is 8.62. The molecule has 0 spiro atoms. The molecule has 4 heteroatoms. The number of anilines is 1. The van der Waals surface area contributed by atoms with E-state index in [1.165, 1.54) is 5.56 Å². The minimum atomic E-state index is -0.380. The summed E-state index contributed by atoms with van der Waals surface area (Å²) >= 11 is 0. The molecular weight excluding hydrogens is 336 g/mol. The molecule has 2 aromatic carbocycles. The SMILES string of the molecule is CC1(C)CC(OC(=O)Nc2ccccc2)CC(C)(C)N1Cc1ccccc1. The van der Waals surface area contributed by atoms with E-state index in [-0.39, 0.29) is 23.3 Å². The second kappa shape index (κ2) is 7.73. The lowest BCUT2D eigenvalue weighted by Gasteiger charge is -2.55. The van der Waals surface area contributed by atoms with E-state index in [0.717, 1.165) is 25.1 Å². The van der Waals surface area contributed by atoms with Crippen LogP contribution in [-0.2, 0) is 11.3 Å². The Hall–Kier alpha value is -2.33. The number of ether oxygens (including phenoxy) is 1. The average molecular weight is 367 g/mol. The van der Waals surface area contributed by atoms with Crippen LogP contribution in [0, 0.1) is 0 Å². The molecule has 1 aliphatic rings. The average Bonchev–Trinajstić information content (AvgIpc) is 2.59. The zero-order chi connectivity index (χ0) is 19.5. The van der Waals surface area contributed by atoms with Gasteiger partial charge >= 0.3 is 6.09 Å². The van der Waals surface area contributed by atoms with Crippen molar-refractivity contribution in [3.8, 4) is 0 Å². The van der Waals surface area contributed by atoms with E-state index in [2.05, 4.69) is 62.2 Å². The van der Waals surface area contributed by atoms with Gasteiger partial charge in [-0.25, -0.2) is 4.79 Å². The van der Waals surface area contributed by atoms with Gasteiger partial charge < -0.3 is 4.74 Å². The normalized spacial score (nSPS) is 19.4. The van der Waals surface area contributed by atoms with Gasteiger partial charge in [0.15, 0.2) is 0 Å². The molecule has 0 bridgehead atoms. The van der Waals surface area contributed by atoms with Gasteiger partial charge in [-0.05, 0) is 45.4 Å². The number of carbonyl (C=O) groups is 1. The Balaban J connectivity index is 1.67. The van der Waals surface area contributed by atoms with E-state index in [1.807, 2.05) is 36.4 Å². The maximum Gasteiger partial charge on any atom is 0.411 e. The highest BCUT2D eigenvalue weighted by Gasteiger charge is 2.46. The minimum Gasteiger partial charge on any atom is -0.446 e. The first-order valence-electron chi connectivity index (χ1n) is 9.61. The smallest absolute Gasteiger partial charge is 0.411 e. The van der Waals surface area contributed by atoms with Gasteiger partial charge in [-0.15, -0.1) is 0 Å². The summed E-state index contributed by atoms with van der Waals surface area (Å²) in [4.78, 5) is 14.9. The molecule has 0 aromatic heterocycles. The quantitative estimate of drug-likeness (QED) is 0.781. The molecule has 144 valence electrons. The summed E-state index contributed by atoms with van der Waals surface area (Å²) in [6, 6.07) is 20.0. The number of nitrogens with one attached hydrogen (secondary N) is 1. The van der Waals surface area contributed by atoms with Crippen LogP contribution >= 0.6 is 0 Å². The molecule has 1 N–H and O–H groups in total. The highest BCUT2D eigenvalue weighted by Crippen LogP contribution is 2.40. The maximum absolute atomic E-state index is 12.3. The van der Waals surface area contributed by atoms with Crippen LogP contribution in [-0.4, -0.2) is 28.2 Å². The fourth-order valence-electron chi connectivity index (χ4n) is 4.32. The Bertz CT molecular complexity index is 738. The van der Waals surface area contributed by atoms with E-state index in [1.54, 1.807) is 0 Å². The first kappa shape index (κ1) is 19.4. The zero-order valence-corrected chi connectivity index (χ0v) is 16.7. The number of benzene rings is 2. The molecule has 0 unspecified atom stereocenters. The topological polar surface area (TPSA) is 41.6 Å². The molecule has 4 nitrogen and oxygen atoms in total. The Morgan fingerprint density at radius 1 is 0.963 bits per heavy atom. The lowest BCUT2D eigenvalue weighted by atomic mass is 9.77. The summed E-state index contributed by atoms with van der Waals surface area (Å²) in [5, 5.41) is 2.82. The fourth-order valence-corrected chi connectivity index (χ4v) is 4.32. The molecule has 1 heterocycles. The molecule has 1 amide bonds. The summed E-state index contributed by atoms with van der Waals surface area (Å²) in [6.07, 6.45) is 1.14. The standard InChI is InChI=1S/C23H30N2O2/c1-22(2)15-20(27-21(26)24-19-13-9-6-10-14-19)16-23(3,4)25(22)17-18-11-7-5-8-12-18/h5-14,20H,15-17H2,1-4H3,(H,24,26). The van der Waals surface area contributed by atoms with Gasteiger partial charge in [0.25, 0.3) is 0 Å². The summed E-state index contributed by atoms with van der Waals surface area (Å²) in [5.41, 5.74) is 1.91. The fraction of sp³-hybridized carbons (Fsp3) is 0.435. The lowest BCUT2D eigenvalue weighted by molar-refractivity contribution is -0.0869. The number of hydrogen-bond acceptors (Lipinski definition) is 3. The molecule has 0 saturated carbocycles. The molecule has 1 aliphatic heterocycles. The van der Waals surface area contributed by atoms with Crippen molar-refractivity contribution in [2.24, 2.45) is 0 Å². The molecule has 0 atom stereocenters. The van der Waals surface area contributed by atoms with Gasteiger partial charge in [0.05, 0.1) is 0 Å². The molecule has 0 aliphatic carbocycles. The van der Waals surface area contributed by atoms with Gasteiger partial charge in [-0.3, -0.25) is 10.2 Å². The van der Waals surface area contributed by atoms with Crippen LogP contribution in [0.3, 0.4) is 0 Å². The molecule has 1 fully saturated rings. The first-order valence-corrected chi connectivity index (χ1v) is 9.61. The monoisotopic (exact) mass is 366 g/mol. The second-order valence-corrected chi connectivity index (χ2v) is 8.62. The number of nitrogens with zero attached hydrogens (tertiary/aromatic N) is 1. The number of carbonyl (C=O) groups excluding carboxylic acids is 1. The molecule has 2 aromatic rings. The van der Waals surface area contributed by atoms with E-state index in [4.69, 9.17) is 4.74 Å². The van der Waals surface area contributed by atoms with E-state index >= 15 is 0 Å². The van der Waals surface area contributed by atoms with Crippen LogP contribution in [0.5, 0.6) is 0 Å². The first-order chi connectivity index (χ1) is 12.8. The molecular formula is C23H30N2O2. The third-order valence-electron chi connectivity index (χ3n) is 5.39. The Morgan fingerprint density at radius 2 is 1.48 bits per heavy atom. The van der Waals surface area contributed by atoms with Crippen LogP contribution in [0.15, 0.2) is 60.7 Å². The van der Waals surface area contributed by atoms with Gasteiger partial charge in [-0.2, -0.15) is 0 Å². The van der Waals surface area contributed by atoms with Crippen LogP contribution in [0.2, 0.25) is 0 Å². The van der Waals surface area contributed by atoms with E-state index in [9.17, 15) is 4.79 Å². The summed E-state index contributed by atoms with van der Waals surface area (Å²) in [7, 11) is 0. The van der Waals surface area contributed by atoms with Crippen molar-refractivity contribution in [1.29, 1.82) is 0 Å². The number of amides is 1. The van der Waals surface area contributed by atoms with Crippen molar-refractivity contribution in [2.75, 3.05) is 5.32 Å². The van der Waals surface area contributed by atoms with E-state index < -0.39 is 0 Å². The minimum absolute atomic E-state index is 0.0741. The van der Waals surface area contributed by atoms with Crippen molar-refractivity contribution in [3.63, 3.8) is 0 Å². The van der Waals surface area contributed by atoms with Crippen LogP contribution in [0.1, 0.15) is 46.1 Å². The Morgan fingerprint density at radius 3 is 2.04 bits per heavy atom. The van der Waals surface area contributed by atoms with Crippen molar-refractivity contribution >= 4 is 11.8 Å². The summed E-state index contributed by atoms with van der Waals surface area (Å²) < 4.78 is 5.79. The van der Waals surface area contributed by atoms with Crippen molar-refractivity contribution in [2.45, 2.75) is 64.3 Å². The molecule has 1 saturated heterocycles. The van der Waals surface area contributed by atoms with Gasteiger partial charge in [0.1, 0.15) is 6.10 Å². The third-order valence-corrected chi connectivity index (χ3v) is 5.39. The molecule has 27 heavy (non-hydrogen) atoms. The van der Waals surface area contributed by atoms with E-state index in [0.29, 0.717) is 0 Å². The maximum atomic E-state index is 12.3. The van der Waals surface area contributed by atoms with Gasteiger partial charge in [-0.1, -0.05) is 48.5 Å². The summed E-state index contributed by atoms with van der Waals surface area (Å²) in [6.45, 7) is 9.85. The zero-order valence-electron chi connectivity index (χ0n) is 16.7. The highest BCUT2D eigenvalue weighted by atomic mass is 16.6.